The van der Waals surface area contributed by atoms with Crippen LogP contribution >= 0.6 is 0 Å². The molecular formula is C16H15N3. The minimum absolute atomic E-state index is 0.239. The highest BCUT2D eigenvalue weighted by atomic mass is 14.8. The van der Waals surface area contributed by atoms with E-state index in [1.165, 1.54) is 5.56 Å². The number of nitrogens with zero attached hydrogens (tertiary/aromatic N) is 2. The van der Waals surface area contributed by atoms with Gasteiger partial charge in [-0.2, -0.15) is 0 Å². The smallest absolute Gasteiger partial charge is 0.0890 e. The van der Waals surface area contributed by atoms with Crippen LogP contribution in [0.4, 0.5) is 0 Å². The second-order valence-electron chi connectivity index (χ2n) is 4.68. The van der Waals surface area contributed by atoms with E-state index in [4.69, 9.17) is 5.73 Å². The van der Waals surface area contributed by atoms with Crippen molar-refractivity contribution in [3.05, 3.63) is 71.5 Å². The number of hydrogen-bond donors (Lipinski definition) is 1. The van der Waals surface area contributed by atoms with Gasteiger partial charge in [-0.1, -0.05) is 42.0 Å². The zero-order chi connectivity index (χ0) is 13.2. The Morgan fingerprint density at radius 1 is 1.00 bits per heavy atom. The number of fused-ring (bicyclic) bond motifs is 1. The van der Waals surface area contributed by atoms with Gasteiger partial charge in [0.15, 0.2) is 0 Å². The molecule has 19 heavy (non-hydrogen) atoms. The lowest BCUT2D eigenvalue weighted by Crippen LogP contribution is -2.14. The van der Waals surface area contributed by atoms with Gasteiger partial charge in [0.25, 0.3) is 0 Å². The summed E-state index contributed by atoms with van der Waals surface area (Å²) < 4.78 is 0. The van der Waals surface area contributed by atoms with Crippen molar-refractivity contribution in [1.29, 1.82) is 0 Å². The molecule has 1 unspecified atom stereocenters. The monoisotopic (exact) mass is 249 g/mol. The molecule has 0 aliphatic heterocycles. The lowest BCUT2D eigenvalue weighted by atomic mass is 10.0. The Hall–Kier alpha value is -2.26. The van der Waals surface area contributed by atoms with E-state index in [2.05, 4.69) is 29.0 Å². The highest BCUT2D eigenvalue weighted by Crippen LogP contribution is 2.20. The number of aromatic nitrogens is 2. The van der Waals surface area contributed by atoms with Crippen molar-refractivity contribution in [2.24, 2.45) is 5.73 Å². The minimum atomic E-state index is -0.239. The molecular weight excluding hydrogens is 234 g/mol. The quantitative estimate of drug-likeness (QED) is 0.759. The van der Waals surface area contributed by atoms with Gasteiger partial charge in [0, 0.05) is 0 Å². The van der Waals surface area contributed by atoms with E-state index >= 15 is 0 Å². The molecule has 1 aromatic heterocycles. The van der Waals surface area contributed by atoms with Crippen LogP contribution in [0.3, 0.4) is 0 Å². The van der Waals surface area contributed by atoms with E-state index in [-0.39, 0.29) is 6.04 Å². The molecule has 0 saturated heterocycles. The molecule has 0 radical (unpaired) electrons. The van der Waals surface area contributed by atoms with E-state index in [1.54, 1.807) is 6.20 Å². The number of hydrogen-bond acceptors (Lipinski definition) is 3. The van der Waals surface area contributed by atoms with Gasteiger partial charge in [-0.15, -0.1) is 0 Å². The summed E-state index contributed by atoms with van der Waals surface area (Å²) in [5.74, 6) is 0. The van der Waals surface area contributed by atoms with Crippen molar-refractivity contribution in [2.45, 2.75) is 13.0 Å². The summed E-state index contributed by atoms with van der Waals surface area (Å²) in [6.07, 6.45) is 1.76. The van der Waals surface area contributed by atoms with Crippen molar-refractivity contribution >= 4 is 11.0 Å². The first-order chi connectivity index (χ1) is 9.24. The van der Waals surface area contributed by atoms with Crippen molar-refractivity contribution in [3.63, 3.8) is 0 Å². The van der Waals surface area contributed by atoms with Gasteiger partial charge in [0.2, 0.25) is 0 Å². The Labute approximate surface area is 112 Å². The van der Waals surface area contributed by atoms with Crippen LogP contribution in [0.5, 0.6) is 0 Å². The largest absolute Gasteiger partial charge is 0.319 e. The third-order valence-electron chi connectivity index (χ3n) is 3.19. The molecule has 3 rings (SSSR count). The van der Waals surface area contributed by atoms with E-state index in [1.807, 2.05) is 36.4 Å². The normalized spacial score (nSPS) is 12.5. The van der Waals surface area contributed by atoms with Crippen LogP contribution in [0.2, 0.25) is 0 Å². The van der Waals surface area contributed by atoms with Gasteiger partial charge in [0.1, 0.15) is 0 Å². The third-order valence-corrected chi connectivity index (χ3v) is 3.19. The van der Waals surface area contributed by atoms with Crippen LogP contribution in [0.15, 0.2) is 54.7 Å². The molecule has 0 amide bonds. The summed E-state index contributed by atoms with van der Waals surface area (Å²) in [6, 6.07) is 15.8. The maximum Gasteiger partial charge on any atom is 0.0890 e. The second-order valence-corrected chi connectivity index (χ2v) is 4.68. The molecule has 3 nitrogen and oxygen atoms in total. The molecule has 94 valence electrons. The summed E-state index contributed by atoms with van der Waals surface area (Å²) in [4.78, 5) is 9.00. The van der Waals surface area contributed by atoms with E-state index in [9.17, 15) is 0 Å². The summed E-state index contributed by atoms with van der Waals surface area (Å²) in [6.45, 7) is 2.06. The fourth-order valence-electron chi connectivity index (χ4n) is 2.16. The predicted octanol–water partition coefficient (Wildman–Crippen LogP) is 2.99. The van der Waals surface area contributed by atoms with E-state index in [0.717, 1.165) is 22.3 Å². The van der Waals surface area contributed by atoms with Crippen molar-refractivity contribution in [2.75, 3.05) is 0 Å². The predicted molar refractivity (Wildman–Crippen MR) is 76.7 cm³/mol. The first kappa shape index (κ1) is 11.8. The van der Waals surface area contributed by atoms with Gasteiger partial charge in [-0.3, -0.25) is 4.98 Å². The number of nitrogens with two attached hydrogens (primary N) is 1. The second kappa shape index (κ2) is 4.78. The highest BCUT2D eigenvalue weighted by Gasteiger charge is 2.11. The summed E-state index contributed by atoms with van der Waals surface area (Å²) >= 11 is 0. The Bertz CT molecular complexity index is 722. The van der Waals surface area contributed by atoms with Gasteiger partial charge < -0.3 is 5.73 Å². The average molecular weight is 249 g/mol. The molecule has 0 aliphatic carbocycles. The zero-order valence-electron chi connectivity index (χ0n) is 10.7. The highest BCUT2D eigenvalue weighted by molar-refractivity contribution is 5.73. The molecule has 3 aromatic rings. The molecule has 1 heterocycles. The number of benzene rings is 2. The molecule has 3 heteroatoms. The van der Waals surface area contributed by atoms with E-state index < -0.39 is 0 Å². The first-order valence-electron chi connectivity index (χ1n) is 6.28. The van der Waals surface area contributed by atoms with Crippen molar-refractivity contribution in [3.8, 4) is 0 Å². The summed E-state index contributed by atoms with van der Waals surface area (Å²) in [5.41, 5.74) is 11.1. The molecule has 0 bridgehead atoms. The summed E-state index contributed by atoms with van der Waals surface area (Å²) in [5, 5.41) is 0. The Morgan fingerprint density at radius 2 is 1.79 bits per heavy atom. The molecule has 0 saturated carbocycles. The number of rotatable bonds is 2. The molecule has 0 fully saturated rings. The zero-order valence-corrected chi connectivity index (χ0v) is 10.7. The Morgan fingerprint density at radius 3 is 2.58 bits per heavy atom. The van der Waals surface area contributed by atoms with Crippen LogP contribution in [-0.2, 0) is 0 Å². The Kier molecular flexibility index (Phi) is 2.97. The van der Waals surface area contributed by atoms with Gasteiger partial charge in [0.05, 0.1) is 29.0 Å². The molecule has 0 aliphatic rings. The van der Waals surface area contributed by atoms with Crippen LogP contribution < -0.4 is 5.73 Å². The molecule has 2 aromatic carbocycles. The first-order valence-corrected chi connectivity index (χ1v) is 6.28. The fourth-order valence-corrected chi connectivity index (χ4v) is 2.16. The molecule has 1 atom stereocenters. The van der Waals surface area contributed by atoms with Gasteiger partial charge in [-0.05, 0) is 24.6 Å². The van der Waals surface area contributed by atoms with Crippen LogP contribution in [0, 0.1) is 6.92 Å². The average Bonchev–Trinajstić information content (AvgIpc) is 2.46. The fraction of sp³-hybridized carbons (Fsp3) is 0.125. The SMILES string of the molecule is Cc1cccc(C(N)c2cnc3ccccc3n2)c1. The van der Waals surface area contributed by atoms with Gasteiger partial charge >= 0.3 is 0 Å². The Balaban J connectivity index is 2.04. The lowest BCUT2D eigenvalue weighted by molar-refractivity contribution is 0.826. The molecule has 2 N–H and O–H groups in total. The number of para-hydroxylation sites is 2. The van der Waals surface area contributed by atoms with Crippen LogP contribution in [-0.4, -0.2) is 9.97 Å². The minimum Gasteiger partial charge on any atom is -0.319 e. The topological polar surface area (TPSA) is 51.8 Å². The standard InChI is InChI=1S/C16H15N3/c1-11-5-4-6-12(9-11)16(17)15-10-18-13-7-2-3-8-14(13)19-15/h2-10,16H,17H2,1H3. The molecule has 0 spiro atoms. The lowest BCUT2D eigenvalue weighted by Gasteiger charge is -2.12. The maximum absolute atomic E-state index is 6.27. The van der Waals surface area contributed by atoms with Crippen LogP contribution in [0.1, 0.15) is 22.9 Å². The van der Waals surface area contributed by atoms with Gasteiger partial charge in [-0.25, -0.2) is 4.98 Å². The van der Waals surface area contributed by atoms with Crippen molar-refractivity contribution < 1.29 is 0 Å². The maximum atomic E-state index is 6.27. The van der Waals surface area contributed by atoms with Crippen molar-refractivity contribution in [1.82, 2.24) is 9.97 Å². The van der Waals surface area contributed by atoms with E-state index in [0.29, 0.717) is 0 Å². The summed E-state index contributed by atoms with van der Waals surface area (Å²) in [7, 11) is 0. The third kappa shape index (κ3) is 2.33. The number of aryl methyl sites for hydroxylation is 1. The van der Waals surface area contributed by atoms with Crippen LogP contribution in [0.25, 0.3) is 11.0 Å².